The van der Waals surface area contributed by atoms with Gasteiger partial charge in [0, 0.05) is 0 Å². The van der Waals surface area contributed by atoms with Crippen molar-refractivity contribution in [2.75, 3.05) is 11.5 Å². The van der Waals surface area contributed by atoms with Crippen LogP contribution in [0.1, 0.15) is 13.8 Å². The molecule has 7 nitrogen and oxygen atoms in total. The summed E-state index contributed by atoms with van der Waals surface area (Å²) >= 11 is 2.87. The van der Waals surface area contributed by atoms with Gasteiger partial charge in [0.05, 0.1) is 11.5 Å². The Morgan fingerprint density at radius 3 is 1.53 bits per heavy atom. The molecular formula is C7H10BrN3O4S2. The number of aromatic nitrogens is 3. The smallest absolute Gasteiger partial charge is 0.220 e. The molecule has 0 unspecified atom stereocenters. The van der Waals surface area contributed by atoms with Crippen LogP contribution in [0.15, 0.2) is 15.0 Å². The van der Waals surface area contributed by atoms with E-state index in [2.05, 4.69) is 30.9 Å². The molecule has 0 amide bonds. The topological polar surface area (TPSA) is 107 Å². The van der Waals surface area contributed by atoms with Gasteiger partial charge in [0.25, 0.3) is 10.3 Å². The largest absolute Gasteiger partial charge is 0.252 e. The van der Waals surface area contributed by atoms with Crippen molar-refractivity contribution < 1.29 is 16.8 Å². The number of hydrogen-bond acceptors (Lipinski definition) is 7. The molecule has 0 spiro atoms. The molecule has 0 aliphatic rings. The molecule has 0 atom stereocenters. The van der Waals surface area contributed by atoms with Crippen molar-refractivity contribution in [3.63, 3.8) is 0 Å². The van der Waals surface area contributed by atoms with Crippen LogP contribution in [-0.2, 0) is 19.7 Å². The fraction of sp³-hybridized carbons (Fsp3) is 0.571. The van der Waals surface area contributed by atoms with Crippen LogP contribution >= 0.6 is 15.9 Å². The number of sulfone groups is 2. The van der Waals surface area contributed by atoms with E-state index in [1.54, 1.807) is 0 Å². The van der Waals surface area contributed by atoms with Gasteiger partial charge in [-0.15, -0.1) is 0 Å². The van der Waals surface area contributed by atoms with Crippen LogP contribution in [0.25, 0.3) is 0 Å². The van der Waals surface area contributed by atoms with Crippen molar-refractivity contribution in [1.29, 1.82) is 0 Å². The zero-order valence-corrected chi connectivity index (χ0v) is 12.3. The van der Waals surface area contributed by atoms with Crippen LogP contribution in [0.3, 0.4) is 0 Å². The lowest BCUT2D eigenvalue weighted by molar-refractivity contribution is 0.569. The molecule has 0 radical (unpaired) electrons. The van der Waals surface area contributed by atoms with Gasteiger partial charge in [-0.3, -0.25) is 0 Å². The molecule has 0 N–H and O–H groups in total. The van der Waals surface area contributed by atoms with Gasteiger partial charge in [0.1, 0.15) is 0 Å². The van der Waals surface area contributed by atoms with E-state index in [1.165, 1.54) is 13.8 Å². The van der Waals surface area contributed by atoms with Crippen LogP contribution in [0.2, 0.25) is 0 Å². The van der Waals surface area contributed by atoms with E-state index in [0.717, 1.165) is 0 Å². The quantitative estimate of drug-likeness (QED) is 0.769. The predicted octanol–water partition coefficient (Wildman–Crippen LogP) is 0.221. The summed E-state index contributed by atoms with van der Waals surface area (Å²) in [6.45, 7) is 2.84. The first-order valence-electron chi connectivity index (χ1n) is 4.60. The molecule has 0 aliphatic carbocycles. The Bertz CT molecular complexity index is 574. The summed E-state index contributed by atoms with van der Waals surface area (Å²) in [6.07, 6.45) is 0. The van der Waals surface area contributed by atoms with Gasteiger partial charge in [-0.1, -0.05) is 13.8 Å². The molecule has 0 saturated carbocycles. The second kappa shape index (κ2) is 4.94. The van der Waals surface area contributed by atoms with Gasteiger partial charge in [-0.2, -0.15) is 15.0 Å². The third-order valence-corrected chi connectivity index (χ3v) is 5.24. The first-order chi connectivity index (χ1) is 7.73. The highest BCUT2D eigenvalue weighted by atomic mass is 79.9. The zero-order chi connectivity index (χ0) is 13.3. The fourth-order valence-electron chi connectivity index (χ4n) is 0.851. The maximum atomic E-state index is 11.6. The molecule has 1 aromatic rings. The lowest BCUT2D eigenvalue weighted by Crippen LogP contribution is -2.16. The van der Waals surface area contributed by atoms with Crippen LogP contribution in [0.4, 0.5) is 0 Å². The Balaban J connectivity index is 3.51. The normalized spacial score (nSPS) is 12.6. The van der Waals surface area contributed by atoms with Crippen molar-refractivity contribution in [2.24, 2.45) is 0 Å². The average Bonchev–Trinajstić information content (AvgIpc) is 2.28. The van der Waals surface area contributed by atoms with Crippen molar-refractivity contribution in [2.45, 2.75) is 24.2 Å². The molecule has 0 fully saturated rings. The Hall–Kier alpha value is -0.610. The number of nitrogens with zero attached hydrogens (tertiary/aromatic N) is 3. The Morgan fingerprint density at radius 1 is 0.882 bits per heavy atom. The monoisotopic (exact) mass is 343 g/mol. The third kappa shape index (κ3) is 3.19. The SMILES string of the molecule is CCS(=O)(=O)c1nc(Br)nc(S(=O)(=O)CC)n1. The van der Waals surface area contributed by atoms with Crippen molar-refractivity contribution in [1.82, 2.24) is 15.0 Å². The van der Waals surface area contributed by atoms with Gasteiger partial charge in [-0.25, -0.2) is 16.8 Å². The fourth-order valence-corrected chi connectivity index (χ4v) is 2.90. The van der Waals surface area contributed by atoms with Crippen molar-refractivity contribution >= 4 is 35.6 Å². The summed E-state index contributed by atoms with van der Waals surface area (Å²) in [5, 5.41) is -1.07. The molecule has 0 saturated heterocycles. The van der Waals surface area contributed by atoms with E-state index < -0.39 is 30.0 Å². The second-order valence-corrected chi connectivity index (χ2v) is 8.03. The van der Waals surface area contributed by atoms with Gasteiger partial charge in [0.2, 0.25) is 24.4 Å². The van der Waals surface area contributed by atoms with Crippen LogP contribution < -0.4 is 0 Å². The summed E-state index contributed by atoms with van der Waals surface area (Å²) in [5.74, 6) is -0.426. The lowest BCUT2D eigenvalue weighted by Gasteiger charge is -2.03. The maximum Gasteiger partial charge on any atom is 0.252 e. The van der Waals surface area contributed by atoms with E-state index in [9.17, 15) is 16.8 Å². The van der Waals surface area contributed by atoms with E-state index in [1.807, 2.05) is 0 Å². The minimum Gasteiger partial charge on any atom is -0.220 e. The van der Waals surface area contributed by atoms with Crippen molar-refractivity contribution in [3.8, 4) is 0 Å². The molecule has 0 aliphatic heterocycles. The van der Waals surface area contributed by atoms with Gasteiger partial charge in [-0.05, 0) is 15.9 Å². The van der Waals surface area contributed by atoms with E-state index in [-0.39, 0.29) is 16.2 Å². The molecule has 1 rings (SSSR count). The summed E-state index contributed by atoms with van der Waals surface area (Å²) in [7, 11) is -7.34. The minimum absolute atomic E-state index is 0.119. The van der Waals surface area contributed by atoms with Gasteiger partial charge in [0.15, 0.2) is 0 Å². The summed E-state index contributed by atoms with van der Waals surface area (Å²) < 4.78 is 46.1. The van der Waals surface area contributed by atoms with Crippen LogP contribution in [0.5, 0.6) is 0 Å². The Kier molecular flexibility index (Phi) is 4.20. The first kappa shape index (κ1) is 14.5. The number of halogens is 1. The van der Waals surface area contributed by atoms with E-state index in [0.29, 0.717) is 0 Å². The molecule has 10 heteroatoms. The molecule has 1 heterocycles. The molecular weight excluding hydrogens is 334 g/mol. The molecule has 1 aromatic heterocycles. The molecule has 96 valence electrons. The Labute approximate surface area is 108 Å². The summed E-state index contributed by atoms with van der Waals surface area (Å²) in [5.41, 5.74) is 0. The molecule has 0 bridgehead atoms. The summed E-state index contributed by atoms with van der Waals surface area (Å²) in [4.78, 5) is 10.6. The van der Waals surface area contributed by atoms with Crippen LogP contribution in [-0.4, -0.2) is 43.3 Å². The maximum absolute atomic E-state index is 11.6. The number of hydrogen-bond donors (Lipinski definition) is 0. The average molecular weight is 344 g/mol. The van der Waals surface area contributed by atoms with E-state index >= 15 is 0 Å². The predicted molar refractivity (Wildman–Crippen MR) is 63.0 cm³/mol. The highest BCUT2D eigenvalue weighted by Crippen LogP contribution is 2.13. The van der Waals surface area contributed by atoms with Gasteiger partial charge >= 0.3 is 0 Å². The minimum atomic E-state index is -3.67. The lowest BCUT2D eigenvalue weighted by atomic mass is 11.0. The second-order valence-electron chi connectivity index (χ2n) is 2.98. The molecule has 17 heavy (non-hydrogen) atoms. The van der Waals surface area contributed by atoms with Crippen LogP contribution in [0, 0.1) is 0 Å². The standard InChI is InChI=1S/C7H10BrN3O4S2/c1-3-16(12,13)6-9-5(8)10-7(11-6)17(14,15)4-2/h3-4H2,1-2H3. The highest BCUT2D eigenvalue weighted by Gasteiger charge is 2.23. The third-order valence-electron chi connectivity index (χ3n) is 1.88. The number of rotatable bonds is 4. The summed E-state index contributed by atoms with van der Waals surface area (Å²) in [6, 6.07) is 0. The first-order valence-corrected chi connectivity index (χ1v) is 8.69. The zero-order valence-electron chi connectivity index (χ0n) is 9.08. The van der Waals surface area contributed by atoms with E-state index in [4.69, 9.17) is 0 Å². The molecule has 0 aromatic carbocycles. The Morgan fingerprint density at radius 2 is 1.24 bits per heavy atom. The van der Waals surface area contributed by atoms with Crippen molar-refractivity contribution in [3.05, 3.63) is 4.73 Å². The van der Waals surface area contributed by atoms with Gasteiger partial charge < -0.3 is 0 Å². The highest BCUT2D eigenvalue weighted by molar-refractivity contribution is 9.10.